The van der Waals surface area contributed by atoms with Crippen LogP contribution in [0.25, 0.3) is 10.9 Å². The smallest absolute Gasteiger partial charge is 0.240 e. The minimum atomic E-state index is -0.535. The fourth-order valence-corrected chi connectivity index (χ4v) is 2.28. The Bertz CT molecular complexity index is 699. The second-order valence-electron chi connectivity index (χ2n) is 5.21. The monoisotopic (exact) mass is 302 g/mol. The number of nitrogens with two attached hydrogens (primary N) is 2. The molecule has 0 aliphatic carbocycles. The number of aromatic nitrogens is 1. The van der Waals surface area contributed by atoms with E-state index >= 15 is 0 Å². The lowest BCUT2D eigenvalue weighted by atomic mass is 10.0. The lowest BCUT2D eigenvalue weighted by Gasteiger charge is -2.21. The average Bonchev–Trinajstić information content (AvgIpc) is 2.42. The molecule has 0 saturated heterocycles. The first-order valence-electron chi connectivity index (χ1n) is 6.65. The van der Waals surface area contributed by atoms with Crippen LogP contribution in [-0.2, 0) is 4.79 Å². The molecular formula is C15H18N4OS. The van der Waals surface area contributed by atoms with Gasteiger partial charge in [0.2, 0.25) is 5.91 Å². The van der Waals surface area contributed by atoms with Crippen LogP contribution in [0.2, 0.25) is 0 Å². The van der Waals surface area contributed by atoms with E-state index in [4.69, 9.17) is 23.7 Å². The largest absolute Gasteiger partial charge is 0.389 e. The lowest BCUT2D eigenvalue weighted by molar-refractivity contribution is -0.119. The van der Waals surface area contributed by atoms with E-state index in [9.17, 15) is 4.79 Å². The first-order valence-corrected chi connectivity index (χ1v) is 7.06. The van der Waals surface area contributed by atoms with Gasteiger partial charge in [-0.1, -0.05) is 44.3 Å². The van der Waals surface area contributed by atoms with Crippen molar-refractivity contribution in [3.8, 4) is 0 Å². The van der Waals surface area contributed by atoms with Gasteiger partial charge in [-0.15, -0.1) is 0 Å². The van der Waals surface area contributed by atoms with Gasteiger partial charge in [0.25, 0.3) is 0 Å². The van der Waals surface area contributed by atoms with Gasteiger partial charge < -0.3 is 16.8 Å². The molecule has 5 nitrogen and oxygen atoms in total. The van der Waals surface area contributed by atoms with Gasteiger partial charge in [0.05, 0.1) is 11.1 Å². The van der Waals surface area contributed by atoms with Crippen LogP contribution in [0.3, 0.4) is 0 Å². The molecule has 1 atom stereocenters. The number of thiocarbonyl (C=S) groups is 1. The molecular weight excluding hydrogens is 284 g/mol. The summed E-state index contributed by atoms with van der Waals surface area (Å²) in [4.78, 5) is 16.3. The van der Waals surface area contributed by atoms with Gasteiger partial charge in [0.15, 0.2) is 0 Å². The topological polar surface area (TPSA) is 94.0 Å². The molecule has 0 aliphatic heterocycles. The van der Waals surface area contributed by atoms with Crippen LogP contribution in [0.4, 0.5) is 5.82 Å². The molecule has 0 radical (unpaired) electrons. The summed E-state index contributed by atoms with van der Waals surface area (Å²) >= 11 is 5.08. The molecule has 1 aromatic carbocycles. The zero-order chi connectivity index (χ0) is 15.6. The highest BCUT2D eigenvalue weighted by atomic mass is 32.1. The molecule has 0 aliphatic rings. The van der Waals surface area contributed by atoms with Crippen molar-refractivity contribution in [1.82, 2.24) is 4.98 Å². The van der Waals surface area contributed by atoms with Gasteiger partial charge in [0, 0.05) is 5.39 Å². The van der Waals surface area contributed by atoms with Crippen molar-refractivity contribution >= 4 is 39.8 Å². The number of anilines is 1. The van der Waals surface area contributed by atoms with Crippen LogP contribution in [0.5, 0.6) is 0 Å². The first-order chi connectivity index (χ1) is 9.90. The lowest BCUT2D eigenvalue weighted by Crippen LogP contribution is -2.40. The van der Waals surface area contributed by atoms with E-state index in [1.54, 1.807) is 0 Å². The zero-order valence-electron chi connectivity index (χ0n) is 12.0. The number of pyridine rings is 1. The molecule has 2 rings (SSSR count). The number of hydrogen-bond donors (Lipinski definition) is 3. The van der Waals surface area contributed by atoms with Crippen molar-refractivity contribution < 1.29 is 4.79 Å². The standard InChI is InChI=1S/C15H18N4OS/c1-8(2)12(13(16)20)19-15-10(14(17)21)7-9-5-3-4-6-11(9)18-15/h3-8,12H,1-2H3,(H2,16,20)(H2,17,21)(H,18,19). The number of carbonyl (C=O) groups excluding carboxylic acids is 1. The number of nitrogens with zero attached hydrogens (tertiary/aromatic N) is 1. The number of nitrogens with one attached hydrogen (secondary N) is 1. The van der Waals surface area contributed by atoms with Gasteiger partial charge in [-0.25, -0.2) is 4.98 Å². The molecule has 21 heavy (non-hydrogen) atoms. The molecule has 5 N–H and O–H groups in total. The highest BCUT2D eigenvalue weighted by molar-refractivity contribution is 7.80. The van der Waals surface area contributed by atoms with Gasteiger partial charge in [-0.05, 0) is 18.1 Å². The minimum absolute atomic E-state index is 0.0231. The molecule has 0 spiro atoms. The number of rotatable bonds is 5. The Balaban J connectivity index is 2.52. The maximum absolute atomic E-state index is 11.6. The molecule has 1 aromatic heterocycles. The van der Waals surface area contributed by atoms with E-state index in [1.807, 2.05) is 44.2 Å². The second kappa shape index (κ2) is 6.05. The van der Waals surface area contributed by atoms with Crippen molar-refractivity contribution in [2.45, 2.75) is 19.9 Å². The molecule has 0 fully saturated rings. The summed E-state index contributed by atoms with van der Waals surface area (Å²) in [5, 5.41) is 4.00. The quantitative estimate of drug-likeness (QED) is 0.732. The van der Waals surface area contributed by atoms with Crippen LogP contribution in [0, 0.1) is 5.92 Å². The van der Waals surface area contributed by atoms with E-state index in [0.29, 0.717) is 11.4 Å². The Kier molecular flexibility index (Phi) is 4.37. The van der Waals surface area contributed by atoms with Crippen LogP contribution in [-0.4, -0.2) is 21.9 Å². The summed E-state index contributed by atoms with van der Waals surface area (Å²) in [6, 6.07) is 8.96. The maximum atomic E-state index is 11.6. The van der Waals surface area contributed by atoms with Gasteiger partial charge in [0.1, 0.15) is 16.8 Å². The van der Waals surface area contributed by atoms with E-state index < -0.39 is 11.9 Å². The van der Waals surface area contributed by atoms with Crippen molar-refractivity contribution in [3.63, 3.8) is 0 Å². The number of hydrogen-bond acceptors (Lipinski definition) is 4. The Labute approximate surface area is 128 Å². The average molecular weight is 302 g/mol. The number of fused-ring (bicyclic) bond motifs is 1. The number of para-hydroxylation sites is 1. The predicted molar refractivity (Wildman–Crippen MR) is 89.1 cm³/mol. The van der Waals surface area contributed by atoms with Crippen molar-refractivity contribution in [3.05, 3.63) is 35.9 Å². The molecule has 1 heterocycles. The fourth-order valence-electron chi connectivity index (χ4n) is 2.13. The fraction of sp³-hybridized carbons (Fsp3) is 0.267. The summed E-state index contributed by atoms with van der Waals surface area (Å²) in [7, 11) is 0. The third kappa shape index (κ3) is 3.28. The highest BCUT2D eigenvalue weighted by Crippen LogP contribution is 2.22. The van der Waals surface area contributed by atoms with Crippen LogP contribution < -0.4 is 16.8 Å². The molecule has 1 unspecified atom stereocenters. The minimum Gasteiger partial charge on any atom is -0.389 e. The van der Waals surface area contributed by atoms with E-state index in [1.165, 1.54) is 0 Å². The Morgan fingerprint density at radius 2 is 1.95 bits per heavy atom. The van der Waals surface area contributed by atoms with Crippen molar-refractivity contribution in [2.75, 3.05) is 5.32 Å². The summed E-state index contributed by atoms with van der Waals surface area (Å²) in [5.41, 5.74) is 12.6. The Morgan fingerprint density at radius 1 is 1.29 bits per heavy atom. The second-order valence-corrected chi connectivity index (χ2v) is 5.65. The number of carbonyl (C=O) groups is 1. The van der Waals surface area contributed by atoms with Crippen molar-refractivity contribution in [1.29, 1.82) is 0 Å². The highest BCUT2D eigenvalue weighted by Gasteiger charge is 2.21. The third-order valence-electron chi connectivity index (χ3n) is 3.25. The first kappa shape index (κ1) is 15.2. The third-order valence-corrected chi connectivity index (χ3v) is 3.47. The normalized spacial score (nSPS) is 12.3. The molecule has 0 bridgehead atoms. The SMILES string of the molecule is CC(C)C(Nc1nc2ccccc2cc1C(N)=S)C(N)=O. The summed E-state index contributed by atoms with van der Waals surface area (Å²) in [6.07, 6.45) is 0. The van der Waals surface area contributed by atoms with E-state index in [-0.39, 0.29) is 10.9 Å². The summed E-state index contributed by atoms with van der Waals surface area (Å²) in [6.45, 7) is 3.81. The van der Waals surface area contributed by atoms with Crippen LogP contribution >= 0.6 is 12.2 Å². The predicted octanol–water partition coefficient (Wildman–Crippen LogP) is 1.79. The van der Waals surface area contributed by atoms with Gasteiger partial charge in [-0.3, -0.25) is 4.79 Å². The van der Waals surface area contributed by atoms with Crippen LogP contribution in [0.15, 0.2) is 30.3 Å². The van der Waals surface area contributed by atoms with Crippen molar-refractivity contribution in [2.24, 2.45) is 17.4 Å². The number of amides is 1. The van der Waals surface area contributed by atoms with E-state index in [2.05, 4.69) is 10.3 Å². The maximum Gasteiger partial charge on any atom is 0.240 e. The number of benzene rings is 1. The molecule has 1 amide bonds. The van der Waals surface area contributed by atoms with Gasteiger partial charge in [-0.2, -0.15) is 0 Å². The number of primary amides is 1. The molecule has 6 heteroatoms. The van der Waals surface area contributed by atoms with Gasteiger partial charge >= 0.3 is 0 Å². The molecule has 2 aromatic rings. The molecule has 0 saturated carbocycles. The summed E-state index contributed by atoms with van der Waals surface area (Å²) in [5.74, 6) is 0.0718. The summed E-state index contributed by atoms with van der Waals surface area (Å²) < 4.78 is 0. The zero-order valence-corrected chi connectivity index (χ0v) is 12.8. The Hall–Kier alpha value is -2.21. The Morgan fingerprint density at radius 3 is 2.52 bits per heavy atom. The molecule has 110 valence electrons. The van der Waals surface area contributed by atoms with E-state index in [0.717, 1.165) is 10.9 Å². The van der Waals surface area contributed by atoms with Crippen LogP contribution in [0.1, 0.15) is 19.4 Å².